The van der Waals surface area contributed by atoms with E-state index in [0.29, 0.717) is 0 Å². The SMILES string of the molecule is O=C(O)CC1NC(=O)C(CC(=O)O)NC1=O. The molecule has 0 saturated carbocycles. The Morgan fingerprint density at radius 1 is 0.938 bits per heavy atom. The van der Waals surface area contributed by atoms with Crippen LogP contribution in [0.2, 0.25) is 0 Å². The number of carboxylic acid groups (broad SMARTS) is 2. The van der Waals surface area contributed by atoms with Crippen molar-refractivity contribution in [1.29, 1.82) is 0 Å². The van der Waals surface area contributed by atoms with Gasteiger partial charge in [0.25, 0.3) is 0 Å². The van der Waals surface area contributed by atoms with E-state index in [1.54, 1.807) is 0 Å². The van der Waals surface area contributed by atoms with Crippen molar-refractivity contribution in [2.45, 2.75) is 24.9 Å². The minimum absolute atomic E-state index is 0.530. The highest BCUT2D eigenvalue weighted by molar-refractivity contribution is 5.99. The number of hydrogen-bond acceptors (Lipinski definition) is 4. The molecule has 0 radical (unpaired) electrons. The summed E-state index contributed by atoms with van der Waals surface area (Å²) in [7, 11) is 0. The van der Waals surface area contributed by atoms with E-state index in [1.165, 1.54) is 0 Å². The van der Waals surface area contributed by atoms with Crippen molar-refractivity contribution in [3.8, 4) is 0 Å². The zero-order chi connectivity index (χ0) is 12.3. The minimum Gasteiger partial charge on any atom is -0.481 e. The van der Waals surface area contributed by atoms with Gasteiger partial charge in [0.15, 0.2) is 0 Å². The predicted molar refractivity (Wildman–Crippen MR) is 48.4 cm³/mol. The Hall–Kier alpha value is -2.12. The fraction of sp³-hybridized carbons (Fsp3) is 0.500. The quantitative estimate of drug-likeness (QED) is 0.438. The first-order valence-electron chi connectivity index (χ1n) is 4.44. The van der Waals surface area contributed by atoms with Crippen molar-refractivity contribution in [2.75, 3.05) is 0 Å². The summed E-state index contributed by atoms with van der Waals surface area (Å²) in [6.45, 7) is 0. The number of piperazine rings is 1. The third-order valence-corrected chi connectivity index (χ3v) is 2.02. The molecular weight excluding hydrogens is 220 g/mol. The molecule has 2 atom stereocenters. The lowest BCUT2D eigenvalue weighted by molar-refractivity contribution is -0.146. The number of amides is 2. The number of nitrogens with one attached hydrogen (secondary N) is 2. The molecule has 16 heavy (non-hydrogen) atoms. The lowest BCUT2D eigenvalue weighted by Crippen LogP contribution is -2.62. The Morgan fingerprint density at radius 3 is 1.50 bits per heavy atom. The molecule has 8 heteroatoms. The highest BCUT2D eigenvalue weighted by atomic mass is 16.4. The topological polar surface area (TPSA) is 133 Å². The van der Waals surface area contributed by atoms with Gasteiger partial charge in [-0.3, -0.25) is 19.2 Å². The van der Waals surface area contributed by atoms with Crippen LogP contribution in [0.15, 0.2) is 0 Å². The number of rotatable bonds is 4. The van der Waals surface area contributed by atoms with E-state index in [1.807, 2.05) is 0 Å². The van der Waals surface area contributed by atoms with Crippen LogP contribution in [0.4, 0.5) is 0 Å². The van der Waals surface area contributed by atoms with Gasteiger partial charge in [-0.25, -0.2) is 0 Å². The van der Waals surface area contributed by atoms with Crippen LogP contribution in [0.5, 0.6) is 0 Å². The van der Waals surface area contributed by atoms with E-state index < -0.39 is 48.7 Å². The highest BCUT2D eigenvalue weighted by Crippen LogP contribution is 2.04. The van der Waals surface area contributed by atoms with Crippen molar-refractivity contribution in [3.63, 3.8) is 0 Å². The summed E-state index contributed by atoms with van der Waals surface area (Å²) < 4.78 is 0. The molecule has 4 N–H and O–H groups in total. The molecule has 1 saturated heterocycles. The van der Waals surface area contributed by atoms with Crippen LogP contribution in [0.25, 0.3) is 0 Å². The first-order valence-corrected chi connectivity index (χ1v) is 4.44. The van der Waals surface area contributed by atoms with Crippen LogP contribution in [0.3, 0.4) is 0 Å². The monoisotopic (exact) mass is 230 g/mol. The number of aliphatic carboxylic acids is 2. The van der Waals surface area contributed by atoms with Gasteiger partial charge in [-0.1, -0.05) is 0 Å². The average molecular weight is 230 g/mol. The molecule has 1 fully saturated rings. The van der Waals surface area contributed by atoms with Gasteiger partial charge in [0, 0.05) is 0 Å². The summed E-state index contributed by atoms with van der Waals surface area (Å²) in [6, 6.07) is -2.29. The molecule has 0 aromatic rings. The van der Waals surface area contributed by atoms with Crippen LogP contribution < -0.4 is 10.6 Å². The van der Waals surface area contributed by atoms with Crippen LogP contribution >= 0.6 is 0 Å². The standard InChI is InChI=1S/C8H10N2O6/c11-5(12)1-3-7(15)10-4(2-6(13)14)8(16)9-3/h3-4H,1-2H2,(H,9,16)(H,10,15)(H,11,12)(H,13,14). The van der Waals surface area contributed by atoms with Crippen molar-refractivity contribution < 1.29 is 29.4 Å². The maximum absolute atomic E-state index is 11.3. The van der Waals surface area contributed by atoms with E-state index in [4.69, 9.17) is 10.2 Å². The van der Waals surface area contributed by atoms with Crippen LogP contribution in [-0.2, 0) is 19.2 Å². The van der Waals surface area contributed by atoms with Crippen molar-refractivity contribution in [1.82, 2.24) is 10.6 Å². The summed E-state index contributed by atoms with van der Waals surface area (Å²) in [5.41, 5.74) is 0. The van der Waals surface area contributed by atoms with Crippen LogP contribution in [0.1, 0.15) is 12.8 Å². The molecule has 0 spiro atoms. The molecule has 1 aliphatic rings. The molecule has 2 unspecified atom stereocenters. The van der Waals surface area contributed by atoms with Crippen LogP contribution in [0, 0.1) is 0 Å². The smallest absolute Gasteiger partial charge is 0.305 e. The maximum Gasteiger partial charge on any atom is 0.305 e. The van der Waals surface area contributed by atoms with Gasteiger partial charge in [-0.05, 0) is 0 Å². The Kier molecular flexibility index (Phi) is 3.44. The van der Waals surface area contributed by atoms with Crippen molar-refractivity contribution in [2.24, 2.45) is 0 Å². The molecule has 0 bridgehead atoms. The van der Waals surface area contributed by atoms with E-state index >= 15 is 0 Å². The molecule has 0 aromatic heterocycles. The fourth-order valence-electron chi connectivity index (χ4n) is 1.31. The van der Waals surface area contributed by atoms with Gasteiger partial charge in [0.2, 0.25) is 11.8 Å². The third-order valence-electron chi connectivity index (χ3n) is 2.02. The molecule has 1 rings (SSSR count). The maximum atomic E-state index is 11.3. The first kappa shape index (κ1) is 12.0. The van der Waals surface area contributed by atoms with Gasteiger partial charge in [-0.2, -0.15) is 0 Å². The molecule has 0 aliphatic carbocycles. The van der Waals surface area contributed by atoms with E-state index in [9.17, 15) is 19.2 Å². The number of carbonyl (C=O) groups is 4. The molecule has 2 amide bonds. The van der Waals surface area contributed by atoms with Gasteiger partial charge in [-0.15, -0.1) is 0 Å². The number of carbonyl (C=O) groups excluding carboxylic acids is 2. The summed E-state index contributed by atoms with van der Waals surface area (Å²) in [6.07, 6.45) is -1.06. The van der Waals surface area contributed by atoms with E-state index in [-0.39, 0.29) is 0 Å². The molecule has 8 nitrogen and oxygen atoms in total. The normalized spacial score (nSPS) is 24.5. The number of hydrogen-bond donors (Lipinski definition) is 4. The number of carboxylic acids is 2. The predicted octanol–water partition coefficient (Wildman–Crippen LogP) is -2.08. The molecule has 88 valence electrons. The largest absolute Gasteiger partial charge is 0.481 e. The molecule has 1 aliphatic heterocycles. The zero-order valence-corrected chi connectivity index (χ0v) is 8.10. The Labute approximate surface area is 89.6 Å². The highest BCUT2D eigenvalue weighted by Gasteiger charge is 2.35. The van der Waals surface area contributed by atoms with Gasteiger partial charge >= 0.3 is 11.9 Å². The minimum atomic E-state index is -1.22. The first-order chi connectivity index (χ1) is 7.40. The molecule has 1 heterocycles. The van der Waals surface area contributed by atoms with E-state index in [0.717, 1.165) is 0 Å². The van der Waals surface area contributed by atoms with Crippen LogP contribution in [-0.4, -0.2) is 46.0 Å². The summed E-state index contributed by atoms with van der Waals surface area (Å²) in [5.74, 6) is -3.82. The van der Waals surface area contributed by atoms with Gasteiger partial charge in [0.1, 0.15) is 12.1 Å². The van der Waals surface area contributed by atoms with Gasteiger partial charge < -0.3 is 20.8 Å². The summed E-state index contributed by atoms with van der Waals surface area (Å²) in [4.78, 5) is 43.3. The Bertz CT molecular complexity index is 318. The van der Waals surface area contributed by atoms with Crippen molar-refractivity contribution in [3.05, 3.63) is 0 Å². The van der Waals surface area contributed by atoms with Crippen molar-refractivity contribution >= 4 is 23.8 Å². The summed E-state index contributed by atoms with van der Waals surface area (Å²) in [5, 5.41) is 21.2. The summed E-state index contributed by atoms with van der Waals surface area (Å²) >= 11 is 0. The second-order valence-electron chi connectivity index (χ2n) is 3.32. The van der Waals surface area contributed by atoms with Gasteiger partial charge in [0.05, 0.1) is 12.8 Å². The fourth-order valence-corrected chi connectivity index (χ4v) is 1.31. The lowest BCUT2D eigenvalue weighted by atomic mass is 10.1. The third kappa shape index (κ3) is 2.94. The zero-order valence-electron chi connectivity index (χ0n) is 8.10. The molecule has 0 aromatic carbocycles. The Balaban J connectivity index is 2.63. The average Bonchev–Trinajstić information content (AvgIpc) is 2.11. The molecular formula is C8H10N2O6. The second kappa shape index (κ2) is 4.60. The Morgan fingerprint density at radius 2 is 1.25 bits per heavy atom. The second-order valence-corrected chi connectivity index (χ2v) is 3.32. The lowest BCUT2D eigenvalue weighted by Gasteiger charge is -2.27. The van der Waals surface area contributed by atoms with E-state index in [2.05, 4.69) is 10.6 Å².